The van der Waals surface area contributed by atoms with E-state index in [1.54, 1.807) is 6.61 Å². The molecule has 0 N–H and O–H groups in total. The predicted octanol–water partition coefficient (Wildman–Crippen LogP) is 0.731. The van der Waals surface area contributed by atoms with Crippen molar-refractivity contribution in [3.63, 3.8) is 0 Å². The molecule has 1 saturated heterocycles. The van der Waals surface area contributed by atoms with E-state index in [-0.39, 0.29) is 11.9 Å². The predicted molar refractivity (Wildman–Crippen MR) is 24.2 cm³/mol. The molecule has 2 heteroatoms. The Morgan fingerprint density at radius 3 is 2.86 bits per heavy atom. The van der Waals surface area contributed by atoms with Crippen molar-refractivity contribution in [3.05, 3.63) is 6.61 Å². The Morgan fingerprint density at radius 2 is 2.71 bits per heavy atom. The van der Waals surface area contributed by atoms with E-state index in [4.69, 9.17) is 0 Å². The van der Waals surface area contributed by atoms with Crippen LogP contribution in [0.15, 0.2) is 0 Å². The quantitative estimate of drug-likeness (QED) is 0.418. The number of carbonyl (C=O) groups is 1. The number of hydrogen-bond acceptors (Lipinski definition) is 2. The average Bonchev–Trinajstić information content (AvgIpc) is 1.91. The van der Waals surface area contributed by atoms with Crippen LogP contribution in [0.3, 0.4) is 0 Å². The Bertz CT molecular complexity index is 88.1. The Balaban J connectivity index is 2.48. The lowest BCUT2D eigenvalue weighted by Gasteiger charge is -1.88. The lowest BCUT2D eigenvalue weighted by molar-refractivity contribution is -0.138. The smallest absolute Gasteiger partial charge is 0.309 e. The van der Waals surface area contributed by atoms with Gasteiger partial charge >= 0.3 is 5.97 Å². The van der Waals surface area contributed by atoms with Gasteiger partial charge in [0.1, 0.15) is 6.61 Å². The lowest BCUT2D eigenvalue weighted by atomic mass is 10.2. The monoisotopic (exact) mass is 99.0 g/mol. The van der Waals surface area contributed by atoms with Crippen LogP contribution in [0.1, 0.15) is 13.3 Å². The van der Waals surface area contributed by atoms with Gasteiger partial charge in [0.05, 0.1) is 5.92 Å². The average molecular weight is 99.1 g/mol. The zero-order chi connectivity index (χ0) is 5.28. The maximum atomic E-state index is 10.3. The molecule has 0 saturated carbocycles. The van der Waals surface area contributed by atoms with E-state index in [0.29, 0.717) is 0 Å². The first-order chi connectivity index (χ1) is 3.30. The Kier molecular flexibility index (Phi) is 1.01. The van der Waals surface area contributed by atoms with Gasteiger partial charge in [0.25, 0.3) is 0 Å². The molecule has 1 heterocycles. The molecule has 0 aromatic carbocycles. The van der Waals surface area contributed by atoms with Crippen LogP contribution in [0, 0.1) is 12.5 Å². The summed E-state index contributed by atoms with van der Waals surface area (Å²) in [6, 6.07) is 0. The molecule has 0 amide bonds. The van der Waals surface area contributed by atoms with Crippen LogP contribution in [0.5, 0.6) is 0 Å². The maximum Gasteiger partial charge on any atom is 0.309 e. The highest BCUT2D eigenvalue weighted by atomic mass is 16.5. The van der Waals surface area contributed by atoms with E-state index < -0.39 is 0 Å². The molecular weight excluding hydrogens is 92.1 g/mol. The van der Waals surface area contributed by atoms with Crippen molar-refractivity contribution in [3.8, 4) is 0 Å². The molecule has 1 aliphatic heterocycles. The third-order valence-corrected chi connectivity index (χ3v) is 1.05. The second-order valence-electron chi connectivity index (χ2n) is 1.74. The zero-order valence-corrected chi connectivity index (χ0v) is 4.18. The van der Waals surface area contributed by atoms with Gasteiger partial charge in [0.15, 0.2) is 0 Å². The summed E-state index contributed by atoms with van der Waals surface area (Å²) in [6.07, 6.45) is 0.777. The Hall–Kier alpha value is -0.530. The number of ether oxygens (including phenoxy) is 1. The van der Waals surface area contributed by atoms with Gasteiger partial charge in [-0.2, -0.15) is 0 Å². The van der Waals surface area contributed by atoms with E-state index in [0.717, 1.165) is 6.42 Å². The Labute approximate surface area is 42.5 Å². The van der Waals surface area contributed by atoms with Gasteiger partial charge < -0.3 is 4.74 Å². The molecule has 0 spiro atoms. The SMILES string of the molecule is CC1C[CH]OC1=O. The maximum absolute atomic E-state index is 10.3. The minimum Gasteiger partial charge on any atom is -0.458 e. The summed E-state index contributed by atoms with van der Waals surface area (Å²) in [5.74, 6) is 0. The van der Waals surface area contributed by atoms with Crippen molar-refractivity contribution in [1.29, 1.82) is 0 Å². The van der Waals surface area contributed by atoms with Crippen LogP contribution >= 0.6 is 0 Å². The van der Waals surface area contributed by atoms with E-state index in [9.17, 15) is 4.79 Å². The largest absolute Gasteiger partial charge is 0.458 e. The number of carbonyl (C=O) groups excluding carboxylic acids is 1. The molecule has 2 nitrogen and oxygen atoms in total. The highest BCUT2D eigenvalue weighted by Crippen LogP contribution is 2.15. The van der Waals surface area contributed by atoms with Gasteiger partial charge in [-0.25, -0.2) is 0 Å². The summed E-state index contributed by atoms with van der Waals surface area (Å²) < 4.78 is 4.50. The van der Waals surface area contributed by atoms with Crippen LogP contribution in [-0.2, 0) is 9.53 Å². The second kappa shape index (κ2) is 1.52. The highest BCUT2D eigenvalue weighted by molar-refractivity contribution is 5.74. The zero-order valence-electron chi connectivity index (χ0n) is 4.18. The molecule has 39 valence electrons. The summed E-state index contributed by atoms with van der Waals surface area (Å²) in [5.41, 5.74) is 0. The van der Waals surface area contributed by atoms with Crippen LogP contribution < -0.4 is 0 Å². The van der Waals surface area contributed by atoms with Crippen molar-refractivity contribution in [2.24, 2.45) is 5.92 Å². The van der Waals surface area contributed by atoms with Crippen LogP contribution in [0.25, 0.3) is 0 Å². The molecule has 7 heavy (non-hydrogen) atoms. The van der Waals surface area contributed by atoms with E-state index >= 15 is 0 Å². The van der Waals surface area contributed by atoms with E-state index in [2.05, 4.69) is 4.74 Å². The molecule has 1 rings (SSSR count). The van der Waals surface area contributed by atoms with Crippen molar-refractivity contribution >= 4 is 5.97 Å². The molecule has 1 radical (unpaired) electrons. The van der Waals surface area contributed by atoms with Crippen molar-refractivity contribution in [1.82, 2.24) is 0 Å². The van der Waals surface area contributed by atoms with E-state index in [1.807, 2.05) is 6.92 Å². The summed E-state index contributed by atoms with van der Waals surface area (Å²) in [7, 11) is 0. The molecule has 1 fully saturated rings. The van der Waals surface area contributed by atoms with Gasteiger partial charge in [-0.15, -0.1) is 0 Å². The summed E-state index contributed by atoms with van der Waals surface area (Å²) in [5, 5.41) is 0. The van der Waals surface area contributed by atoms with Crippen molar-refractivity contribution in [2.75, 3.05) is 0 Å². The molecule has 0 aliphatic carbocycles. The van der Waals surface area contributed by atoms with Gasteiger partial charge in [-0.3, -0.25) is 4.79 Å². The third kappa shape index (κ3) is 0.734. The second-order valence-corrected chi connectivity index (χ2v) is 1.74. The topological polar surface area (TPSA) is 26.3 Å². The molecule has 0 aromatic heterocycles. The minimum absolute atomic E-state index is 0.0972. The number of rotatable bonds is 0. The molecule has 1 unspecified atom stereocenters. The van der Waals surface area contributed by atoms with Crippen LogP contribution in [-0.4, -0.2) is 5.97 Å². The first-order valence-electron chi connectivity index (χ1n) is 2.33. The normalized spacial score (nSPS) is 30.4. The van der Waals surface area contributed by atoms with Gasteiger partial charge in [0.2, 0.25) is 0 Å². The molecule has 0 aromatic rings. The van der Waals surface area contributed by atoms with Gasteiger partial charge in [0, 0.05) is 6.42 Å². The van der Waals surface area contributed by atoms with Crippen LogP contribution in [0.2, 0.25) is 0 Å². The lowest BCUT2D eigenvalue weighted by Crippen LogP contribution is -2.00. The first-order valence-corrected chi connectivity index (χ1v) is 2.33. The summed E-state index contributed by atoms with van der Waals surface area (Å²) in [4.78, 5) is 10.3. The minimum atomic E-state index is -0.0972. The molecule has 0 bridgehead atoms. The highest BCUT2D eigenvalue weighted by Gasteiger charge is 2.21. The standard InChI is InChI=1S/C5H7O2/c1-4-2-3-7-5(4)6/h3-4H,2H2,1H3. The van der Waals surface area contributed by atoms with Crippen molar-refractivity contribution in [2.45, 2.75) is 13.3 Å². The molecule has 1 atom stereocenters. The van der Waals surface area contributed by atoms with Crippen molar-refractivity contribution < 1.29 is 9.53 Å². The molecular formula is C5H7O2. The summed E-state index contributed by atoms with van der Waals surface area (Å²) >= 11 is 0. The fourth-order valence-electron chi connectivity index (χ4n) is 0.487. The van der Waals surface area contributed by atoms with E-state index in [1.165, 1.54) is 0 Å². The van der Waals surface area contributed by atoms with Gasteiger partial charge in [-0.1, -0.05) is 6.92 Å². The molecule has 1 aliphatic rings. The number of hydrogen-bond donors (Lipinski definition) is 0. The number of esters is 1. The third-order valence-electron chi connectivity index (χ3n) is 1.05. The Morgan fingerprint density at radius 1 is 2.00 bits per heavy atom. The van der Waals surface area contributed by atoms with Gasteiger partial charge in [-0.05, 0) is 0 Å². The summed E-state index contributed by atoms with van der Waals surface area (Å²) in [6.45, 7) is 3.40. The van der Waals surface area contributed by atoms with Crippen LogP contribution in [0.4, 0.5) is 0 Å². The number of cyclic esters (lactones) is 1. The first kappa shape index (κ1) is 4.62. The fraction of sp³-hybridized carbons (Fsp3) is 0.600. The fourth-order valence-corrected chi connectivity index (χ4v) is 0.487.